The summed E-state index contributed by atoms with van der Waals surface area (Å²) in [6.07, 6.45) is 0. The Labute approximate surface area is 114 Å². The summed E-state index contributed by atoms with van der Waals surface area (Å²) in [5, 5.41) is 1.93. The van der Waals surface area contributed by atoms with Crippen LogP contribution in [0.3, 0.4) is 0 Å². The van der Waals surface area contributed by atoms with Gasteiger partial charge >= 0.3 is 21.1 Å². The Kier molecular flexibility index (Phi) is 16.3. The summed E-state index contributed by atoms with van der Waals surface area (Å²) in [7, 11) is 2.99. The standard InChI is InChI=1S/2C2H5N2S2.Pt/c2*1-4(3)2(5)6;/h2*3H,1H3,(H,5,6);/q2*-1;+4/p-2. The average Bonchev–Trinajstić information content (AvgIpc) is 1.88. The van der Waals surface area contributed by atoms with Crippen molar-refractivity contribution in [1.82, 2.24) is 10.0 Å². The fourth-order valence-corrected chi connectivity index (χ4v) is 0. The van der Waals surface area contributed by atoms with Crippen molar-refractivity contribution < 1.29 is 21.1 Å². The minimum Gasteiger partial charge on any atom is -0.585 e. The molecule has 0 heterocycles. The zero-order valence-electron chi connectivity index (χ0n) is 6.84. The van der Waals surface area contributed by atoms with E-state index in [4.69, 9.17) is 11.7 Å². The largest absolute Gasteiger partial charge is 4.00 e. The minimum absolute atomic E-state index is 0. The SMILES string of the molecule is CN([NH-])C(=S)[S-].CN([NH-])C(=S)[S-].[Pt+4]. The Morgan fingerprint density at radius 2 is 1.08 bits per heavy atom. The van der Waals surface area contributed by atoms with E-state index in [0.29, 0.717) is 0 Å². The summed E-state index contributed by atoms with van der Waals surface area (Å²) in [4.78, 5) is 0. The van der Waals surface area contributed by atoms with E-state index in [2.05, 4.69) is 49.7 Å². The maximum Gasteiger partial charge on any atom is 4.00 e. The zero-order chi connectivity index (χ0) is 10.3. The molecular formula is C4H8N4PtS4. The van der Waals surface area contributed by atoms with E-state index in [1.54, 1.807) is 0 Å². The smallest absolute Gasteiger partial charge is 0.585 e. The molecule has 0 fully saturated rings. The van der Waals surface area contributed by atoms with E-state index in [9.17, 15) is 0 Å². The molecule has 0 saturated heterocycles. The molecule has 4 nitrogen and oxygen atoms in total. The molecule has 0 aliphatic carbocycles. The van der Waals surface area contributed by atoms with Crippen LogP contribution in [-0.2, 0) is 46.3 Å². The Bertz CT molecular complexity index is 144. The number of nitrogens with one attached hydrogen (secondary N) is 2. The molecule has 0 radical (unpaired) electrons. The Balaban J connectivity index is -0.000000143. The molecule has 0 aromatic heterocycles. The number of nitrogens with zero attached hydrogens (tertiary/aromatic N) is 2. The molecule has 0 aliphatic rings. The van der Waals surface area contributed by atoms with Crippen molar-refractivity contribution in [2.24, 2.45) is 0 Å². The maximum atomic E-state index is 6.62. The summed E-state index contributed by atoms with van der Waals surface area (Å²) in [5.74, 6) is 13.2. The van der Waals surface area contributed by atoms with Gasteiger partial charge in [-0.05, 0) is 14.1 Å². The molecule has 9 heteroatoms. The van der Waals surface area contributed by atoms with Crippen molar-refractivity contribution in [2.75, 3.05) is 14.1 Å². The first-order valence-corrected chi connectivity index (χ1v) is 4.24. The van der Waals surface area contributed by atoms with Crippen molar-refractivity contribution in [3.05, 3.63) is 11.7 Å². The molecule has 0 unspecified atom stereocenters. The van der Waals surface area contributed by atoms with Gasteiger partial charge in [-0.1, -0.05) is 8.64 Å². The molecule has 0 spiro atoms. The van der Waals surface area contributed by atoms with Crippen molar-refractivity contribution in [3.8, 4) is 0 Å². The zero-order valence-corrected chi connectivity index (χ0v) is 12.4. The molecule has 2 N–H and O–H groups in total. The molecule has 0 aromatic carbocycles. The predicted octanol–water partition coefficient (Wildman–Crippen LogP) is 1.43. The Morgan fingerprint density at radius 1 is 1.00 bits per heavy atom. The molecule has 0 amide bonds. The van der Waals surface area contributed by atoms with Crippen LogP contribution in [0.4, 0.5) is 0 Å². The van der Waals surface area contributed by atoms with E-state index in [1.807, 2.05) is 0 Å². The summed E-state index contributed by atoms with van der Waals surface area (Å²) in [5.41, 5.74) is 0. The fourth-order valence-electron chi connectivity index (χ4n) is 0. The third-order valence-electron chi connectivity index (χ3n) is 0.548. The monoisotopic (exact) mass is 435 g/mol. The fraction of sp³-hybridized carbons (Fsp3) is 0.500. The third-order valence-corrected chi connectivity index (χ3v) is 1.64. The summed E-state index contributed by atoms with van der Waals surface area (Å²) in [6.45, 7) is 0. The average molecular weight is 435 g/mol. The second kappa shape index (κ2) is 10.9. The van der Waals surface area contributed by atoms with Crippen molar-refractivity contribution in [3.63, 3.8) is 0 Å². The summed E-state index contributed by atoms with van der Waals surface area (Å²) < 4.78 is 0.352. The van der Waals surface area contributed by atoms with E-state index in [-0.39, 0.29) is 29.7 Å². The normalized spacial score (nSPS) is 7.08. The second-order valence-electron chi connectivity index (χ2n) is 1.65. The van der Waals surface area contributed by atoms with Gasteiger partial charge in [0.25, 0.3) is 0 Å². The van der Waals surface area contributed by atoms with Crippen molar-refractivity contribution in [2.45, 2.75) is 0 Å². The van der Waals surface area contributed by atoms with Gasteiger partial charge in [0, 0.05) is 0 Å². The minimum atomic E-state index is 0. The molecule has 0 bridgehead atoms. The summed E-state index contributed by atoms with van der Waals surface area (Å²) >= 11 is 17.5. The van der Waals surface area contributed by atoms with E-state index in [0.717, 1.165) is 10.0 Å². The first-order valence-electron chi connectivity index (χ1n) is 2.61. The van der Waals surface area contributed by atoms with Crippen LogP contribution in [-0.4, -0.2) is 32.8 Å². The third kappa shape index (κ3) is 19.3. The van der Waals surface area contributed by atoms with E-state index >= 15 is 0 Å². The molecular weight excluding hydrogens is 427 g/mol. The van der Waals surface area contributed by atoms with Gasteiger partial charge in [-0.3, -0.25) is 0 Å². The van der Waals surface area contributed by atoms with Gasteiger partial charge in [0.1, 0.15) is 0 Å². The van der Waals surface area contributed by atoms with Crippen LogP contribution < -0.4 is 0 Å². The molecule has 0 aromatic rings. The quantitative estimate of drug-likeness (QED) is 0.326. The van der Waals surface area contributed by atoms with Gasteiger partial charge in [-0.15, -0.1) is 0 Å². The van der Waals surface area contributed by atoms with Gasteiger partial charge in [-0.2, -0.15) is 0 Å². The van der Waals surface area contributed by atoms with Crippen LogP contribution in [0.25, 0.3) is 11.7 Å². The topological polar surface area (TPSA) is 54.1 Å². The van der Waals surface area contributed by atoms with Crippen LogP contribution in [0.15, 0.2) is 0 Å². The number of hydrogen-bond donors (Lipinski definition) is 0. The molecule has 0 rings (SSSR count). The van der Waals surface area contributed by atoms with E-state index in [1.165, 1.54) is 14.1 Å². The second-order valence-corrected chi connectivity index (χ2v) is 3.71. The number of rotatable bonds is 0. The first-order chi connectivity index (χ1) is 5.29. The molecule has 0 saturated carbocycles. The van der Waals surface area contributed by atoms with Crippen molar-refractivity contribution >= 4 is 58.3 Å². The summed E-state index contributed by atoms with van der Waals surface area (Å²) in [6, 6.07) is 0. The maximum absolute atomic E-state index is 6.62. The molecule has 13 heavy (non-hydrogen) atoms. The van der Waals surface area contributed by atoms with E-state index < -0.39 is 0 Å². The van der Waals surface area contributed by atoms with Crippen LogP contribution in [0, 0.1) is 0 Å². The van der Waals surface area contributed by atoms with Crippen LogP contribution >= 0.6 is 24.4 Å². The van der Waals surface area contributed by atoms with Crippen molar-refractivity contribution in [1.29, 1.82) is 0 Å². The van der Waals surface area contributed by atoms with Gasteiger partial charge in [0.15, 0.2) is 0 Å². The number of thiocarbonyl (C=S) groups is 2. The molecule has 0 aliphatic heterocycles. The van der Waals surface area contributed by atoms with Crippen LogP contribution in [0.5, 0.6) is 0 Å². The van der Waals surface area contributed by atoms with Gasteiger partial charge in [-0.25, -0.2) is 0 Å². The molecule has 0 atom stereocenters. The first kappa shape index (κ1) is 19.4. The van der Waals surface area contributed by atoms with Crippen LogP contribution in [0.2, 0.25) is 0 Å². The van der Waals surface area contributed by atoms with Gasteiger partial charge in [0.2, 0.25) is 0 Å². The molecule has 78 valence electrons. The Hall–Kier alpha value is 0.828. The van der Waals surface area contributed by atoms with Gasteiger partial charge < -0.3 is 71.4 Å². The number of hydrogen-bond acceptors (Lipinski definition) is 4. The Morgan fingerprint density at radius 3 is 1.08 bits per heavy atom. The predicted molar refractivity (Wildman–Crippen MR) is 64.1 cm³/mol. The van der Waals surface area contributed by atoms with Gasteiger partial charge in [0.05, 0.1) is 0 Å². The van der Waals surface area contributed by atoms with Crippen LogP contribution in [0.1, 0.15) is 0 Å².